The van der Waals surface area contributed by atoms with Crippen LogP contribution in [0.15, 0.2) is 54.6 Å². The van der Waals surface area contributed by atoms with Crippen molar-refractivity contribution in [2.45, 2.75) is 6.42 Å². The highest BCUT2D eigenvalue weighted by atomic mass is 35.5. The van der Waals surface area contributed by atoms with Crippen LogP contribution in [0.25, 0.3) is 21.0 Å². The Kier molecular flexibility index (Phi) is 4.34. The lowest BCUT2D eigenvalue weighted by Gasteiger charge is -2.06. The number of benzene rings is 3. The predicted octanol–water partition coefficient (Wildman–Crippen LogP) is 5.94. The lowest BCUT2D eigenvalue weighted by molar-refractivity contribution is -0.115. The van der Waals surface area contributed by atoms with Gasteiger partial charge in [0.15, 0.2) is 5.13 Å². The molecule has 6 heteroatoms. The summed E-state index contributed by atoms with van der Waals surface area (Å²) >= 11 is 13.6. The van der Waals surface area contributed by atoms with Crippen LogP contribution in [-0.2, 0) is 11.2 Å². The summed E-state index contributed by atoms with van der Waals surface area (Å²) in [6.45, 7) is 0. The van der Waals surface area contributed by atoms with Crippen molar-refractivity contribution >= 4 is 66.6 Å². The maximum Gasteiger partial charge on any atom is 0.230 e. The molecule has 1 amide bonds. The molecule has 0 aliphatic carbocycles. The van der Waals surface area contributed by atoms with Crippen molar-refractivity contribution in [3.8, 4) is 0 Å². The highest BCUT2D eigenvalue weighted by Gasteiger charge is 2.13. The van der Waals surface area contributed by atoms with Crippen molar-refractivity contribution in [2.24, 2.45) is 0 Å². The molecule has 0 saturated heterocycles. The molecule has 3 aromatic carbocycles. The smallest absolute Gasteiger partial charge is 0.230 e. The lowest BCUT2D eigenvalue weighted by Crippen LogP contribution is -2.14. The fraction of sp³-hybridized carbons (Fsp3) is 0.0526. The number of halogens is 2. The summed E-state index contributed by atoms with van der Waals surface area (Å²) in [6.07, 6.45) is 0.277. The maximum atomic E-state index is 12.5. The number of nitrogens with one attached hydrogen (secondary N) is 1. The summed E-state index contributed by atoms with van der Waals surface area (Å²) in [5, 5.41) is 6.64. The average molecular weight is 387 g/mol. The molecule has 0 spiro atoms. The second-order valence-electron chi connectivity index (χ2n) is 5.59. The molecule has 1 aromatic heterocycles. The summed E-state index contributed by atoms with van der Waals surface area (Å²) in [7, 11) is 0. The van der Waals surface area contributed by atoms with E-state index < -0.39 is 0 Å². The first-order chi connectivity index (χ1) is 12.1. The van der Waals surface area contributed by atoms with E-state index in [1.807, 2.05) is 42.5 Å². The summed E-state index contributed by atoms with van der Waals surface area (Å²) in [5.74, 6) is -0.123. The zero-order valence-electron chi connectivity index (χ0n) is 12.9. The second kappa shape index (κ2) is 6.64. The number of rotatable bonds is 3. The van der Waals surface area contributed by atoms with E-state index >= 15 is 0 Å². The third kappa shape index (κ3) is 3.21. The number of hydrogen-bond donors (Lipinski definition) is 1. The van der Waals surface area contributed by atoms with Crippen molar-refractivity contribution in [1.82, 2.24) is 4.98 Å². The first-order valence-corrected chi connectivity index (χ1v) is 9.20. The van der Waals surface area contributed by atoms with Gasteiger partial charge in [0.1, 0.15) is 5.52 Å². The first kappa shape index (κ1) is 16.3. The Hall–Kier alpha value is -2.14. The molecule has 1 heterocycles. The van der Waals surface area contributed by atoms with Gasteiger partial charge in [-0.25, -0.2) is 4.98 Å². The standard InChI is InChI=1S/C19H12Cl2N2OS/c20-14-8-9-15(21)18-17(14)23-19(25-18)22-16(24)10-12-6-3-5-11-4-1-2-7-13(11)12/h1-9H,10H2,(H,22,23,24). The molecule has 25 heavy (non-hydrogen) atoms. The molecule has 0 bridgehead atoms. The summed E-state index contributed by atoms with van der Waals surface area (Å²) < 4.78 is 0.773. The Morgan fingerprint density at radius 1 is 1.00 bits per heavy atom. The molecule has 1 N–H and O–H groups in total. The topological polar surface area (TPSA) is 42.0 Å². The van der Waals surface area contributed by atoms with Crippen LogP contribution in [0.2, 0.25) is 10.0 Å². The summed E-state index contributed by atoms with van der Waals surface area (Å²) in [4.78, 5) is 16.8. The first-order valence-electron chi connectivity index (χ1n) is 7.63. The van der Waals surface area contributed by atoms with Gasteiger partial charge < -0.3 is 5.32 Å². The molecule has 0 fully saturated rings. The van der Waals surface area contributed by atoms with E-state index in [0.717, 1.165) is 21.0 Å². The van der Waals surface area contributed by atoms with Crippen LogP contribution < -0.4 is 5.32 Å². The quantitative estimate of drug-likeness (QED) is 0.473. The van der Waals surface area contributed by atoms with Crippen LogP contribution >= 0.6 is 34.5 Å². The molecule has 4 aromatic rings. The monoisotopic (exact) mass is 386 g/mol. The molecule has 0 atom stereocenters. The van der Waals surface area contributed by atoms with E-state index in [1.54, 1.807) is 12.1 Å². The maximum absolute atomic E-state index is 12.5. The number of fused-ring (bicyclic) bond motifs is 2. The third-order valence-corrected chi connectivity index (χ3v) is 5.66. The van der Waals surface area contributed by atoms with Gasteiger partial charge in [-0.15, -0.1) is 0 Å². The third-order valence-electron chi connectivity index (χ3n) is 3.92. The molecule has 4 rings (SSSR count). The fourth-order valence-corrected chi connectivity index (χ4v) is 4.22. The van der Waals surface area contributed by atoms with Crippen LogP contribution in [0.4, 0.5) is 5.13 Å². The van der Waals surface area contributed by atoms with Gasteiger partial charge in [-0.1, -0.05) is 77.0 Å². The highest BCUT2D eigenvalue weighted by Crippen LogP contribution is 2.36. The van der Waals surface area contributed by atoms with Crippen LogP contribution in [0.5, 0.6) is 0 Å². The van der Waals surface area contributed by atoms with Crippen molar-refractivity contribution < 1.29 is 4.79 Å². The number of hydrogen-bond acceptors (Lipinski definition) is 3. The zero-order chi connectivity index (χ0) is 17.4. The fourth-order valence-electron chi connectivity index (χ4n) is 2.78. The van der Waals surface area contributed by atoms with Crippen molar-refractivity contribution in [1.29, 1.82) is 0 Å². The molecule has 0 aliphatic rings. The molecule has 3 nitrogen and oxygen atoms in total. The minimum absolute atomic E-state index is 0.123. The molecular formula is C19H12Cl2N2OS. The van der Waals surface area contributed by atoms with Crippen LogP contribution in [0.3, 0.4) is 0 Å². The average Bonchev–Trinajstić information content (AvgIpc) is 3.03. The zero-order valence-corrected chi connectivity index (χ0v) is 15.3. The Bertz CT molecular complexity index is 1060. The van der Waals surface area contributed by atoms with E-state index in [-0.39, 0.29) is 12.3 Å². The van der Waals surface area contributed by atoms with Gasteiger partial charge in [0, 0.05) is 0 Å². The minimum Gasteiger partial charge on any atom is -0.302 e. The Labute approximate surface area is 158 Å². The van der Waals surface area contributed by atoms with Gasteiger partial charge in [-0.05, 0) is 28.5 Å². The van der Waals surface area contributed by atoms with Crippen molar-refractivity contribution in [2.75, 3.05) is 5.32 Å². The second-order valence-corrected chi connectivity index (χ2v) is 7.40. The molecule has 124 valence electrons. The highest BCUT2D eigenvalue weighted by molar-refractivity contribution is 7.23. The van der Waals surface area contributed by atoms with Crippen molar-refractivity contribution in [3.05, 3.63) is 70.2 Å². The van der Waals surface area contributed by atoms with E-state index in [2.05, 4.69) is 10.3 Å². The molecule has 0 radical (unpaired) electrons. The summed E-state index contributed by atoms with van der Waals surface area (Å²) in [6, 6.07) is 17.4. The van der Waals surface area contributed by atoms with Gasteiger partial charge in [0.05, 0.1) is 21.2 Å². The number of carbonyl (C=O) groups excluding carboxylic acids is 1. The van der Waals surface area contributed by atoms with Crippen LogP contribution in [0, 0.1) is 0 Å². The Balaban J connectivity index is 1.60. The lowest BCUT2D eigenvalue weighted by atomic mass is 10.0. The van der Waals surface area contributed by atoms with Crippen molar-refractivity contribution in [3.63, 3.8) is 0 Å². The number of nitrogens with zero attached hydrogens (tertiary/aromatic N) is 1. The normalized spacial score (nSPS) is 11.1. The van der Waals surface area contributed by atoms with E-state index in [1.165, 1.54) is 11.3 Å². The summed E-state index contributed by atoms with van der Waals surface area (Å²) in [5.41, 5.74) is 1.59. The molecule has 0 aliphatic heterocycles. The predicted molar refractivity (Wildman–Crippen MR) is 106 cm³/mol. The van der Waals surface area contributed by atoms with Gasteiger partial charge in [0.2, 0.25) is 5.91 Å². The van der Waals surface area contributed by atoms with Gasteiger partial charge in [0.25, 0.3) is 0 Å². The molecular weight excluding hydrogens is 375 g/mol. The van der Waals surface area contributed by atoms with Crippen LogP contribution in [-0.4, -0.2) is 10.9 Å². The number of thiazole rings is 1. The minimum atomic E-state index is -0.123. The van der Waals surface area contributed by atoms with Gasteiger partial charge in [-0.3, -0.25) is 4.79 Å². The molecule has 0 unspecified atom stereocenters. The van der Waals surface area contributed by atoms with E-state index in [4.69, 9.17) is 23.2 Å². The number of aromatic nitrogens is 1. The van der Waals surface area contributed by atoms with E-state index in [9.17, 15) is 4.79 Å². The SMILES string of the molecule is O=C(Cc1cccc2ccccc12)Nc1nc2c(Cl)ccc(Cl)c2s1. The largest absolute Gasteiger partial charge is 0.302 e. The van der Waals surface area contributed by atoms with Gasteiger partial charge in [-0.2, -0.15) is 0 Å². The Morgan fingerprint density at radius 2 is 1.76 bits per heavy atom. The van der Waals surface area contributed by atoms with Crippen LogP contribution in [0.1, 0.15) is 5.56 Å². The number of anilines is 1. The Morgan fingerprint density at radius 3 is 2.60 bits per heavy atom. The number of amides is 1. The molecule has 0 saturated carbocycles. The number of carbonyl (C=O) groups is 1. The van der Waals surface area contributed by atoms with E-state index in [0.29, 0.717) is 20.7 Å². The van der Waals surface area contributed by atoms with Gasteiger partial charge >= 0.3 is 0 Å².